The number of nitrogens with one attached hydrogen (secondary N) is 1. The molecule has 4 rings (SSSR count). The minimum Gasteiger partial charge on any atom is -0.493 e. The maximum absolute atomic E-state index is 12.6. The lowest BCUT2D eigenvalue weighted by molar-refractivity contribution is 0.133. The number of amides is 1. The predicted molar refractivity (Wildman–Crippen MR) is 132 cm³/mol. The van der Waals surface area contributed by atoms with Crippen LogP contribution in [0.3, 0.4) is 0 Å². The lowest BCUT2D eigenvalue weighted by Gasteiger charge is -2.15. The van der Waals surface area contributed by atoms with Gasteiger partial charge in [0.25, 0.3) is 0 Å². The molecule has 1 heterocycles. The van der Waals surface area contributed by atoms with E-state index >= 15 is 0 Å². The van der Waals surface area contributed by atoms with Crippen LogP contribution in [0.5, 0.6) is 17.2 Å². The number of carbonyl (C=O) groups excluding carboxylic acids is 1. The number of rotatable bonds is 10. The molecule has 0 saturated heterocycles. The van der Waals surface area contributed by atoms with Crippen molar-refractivity contribution in [2.75, 3.05) is 21.3 Å². The van der Waals surface area contributed by atoms with Crippen LogP contribution in [0, 0.1) is 0 Å². The van der Waals surface area contributed by atoms with E-state index in [0.717, 1.165) is 11.1 Å². The Bertz CT molecular complexity index is 1250. The van der Waals surface area contributed by atoms with Crippen molar-refractivity contribution in [2.45, 2.75) is 19.1 Å². The molecule has 0 fully saturated rings. The summed E-state index contributed by atoms with van der Waals surface area (Å²) in [6, 6.07) is 22.0. The van der Waals surface area contributed by atoms with Gasteiger partial charge < -0.3 is 28.8 Å². The summed E-state index contributed by atoms with van der Waals surface area (Å²) in [6.45, 7) is 0.144. The van der Waals surface area contributed by atoms with Crippen molar-refractivity contribution >= 4 is 6.09 Å². The van der Waals surface area contributed by atoms with Crippen LogP contribution < -0.4 is 19.5 Å². The van der Waals surface area contributed by atoms with Crippen LogP contribution in [0.4, 0.5) is 4.79 Å². The van der Waals surface area contributed by atoms with Gasteiger partial charge in [-0.1, -0.05) is 65.8 Å². The van der Waals surface area contributed by atoms with Crippen LogP contribution in [0.15, 0.2) is 77.3 Å². The molecule has 1 atom stereocenters. The lowest BCUT2D eigenvalue weighted by atomic mass is 10.1. The van der Waals surface area contributed by atoms with Gasteiger partial charge in [-0.25, -0.2) is 4.79 Å². The van der Waals surface area contributed by atoms with Gasteiger partial charge in [0.05, 0.1) is 21.3 Å². The average molecular weight is 490 g/mol. The van der Waals surface area contributed by atoms with E-state index in [1.165, 1.54) is 21.3 Å². The van der Waals surface area contributed by atoms with Crippen LogP contribution in [-0.4, -0.2) is 37.6 Å². The van der Waals surface area contributed by atoms with Crippen molar-refractivity contribution in [1.29, 1.82) is 0 Å². The number of carbonyl (C=O) groups is 1. The van der Waals surface area contributed by atoms with E-state index in [2.05, 4.69) is 15.5 Å². The van der Waals surface area contributed by atoms with Crippen LogP contribution in [0.2, 0.25) is 0 Å². The smallest absolute Gasteiger partial charge is 0.408 e. The lowest BCUT2D eigenvalue weighted by Crippen LogP contribution is -2.30. The van der Waals surface area contributed by atoms with E-state index in [-0.39, 0.29) is 12.5 Å². The third kappa shape index (κ3) is 5.93. The summed E-state index contributed by atoms with van der Waals surface area (Å²) in [5.74, 6) is 1.92. The molecule has 0 aliphatic rings. The second-order valence-corrected chi connectivity index (χ2v) is 7.82. The van der Waals surface area contributed by atoms with Crippen LogP contribution in [0.1, 0.15) is 23.1 Å². The largest absolute Gasteiger partial charge is 0.493 e. The third-order valence-electron chi connectivity index (χ3n) is 5.45. The number of methoxy groups -OCH3 is 3. The molecule has 1 unspecified atom stereocenters. The molecule has 1 amide bonds. The molecule has 0 aliphatic heterocycles. The zero-order valence-electron chi connectivity index (χ0n) is 20.3. The van der Waals surface area contributed by atoms with E-state index in [0.29, 0.717) is 35.1 Å². The normalized spacial score (nSPS) is 11.4. The number of alkyl carbamates (subject to hydrolysis) is 1. The molecular weight excluding hydrogens is 462 g/mol. The Labute approximate surface area is 209 Å². The van der Waals surface area contributed by atoms with E-state index < -0.39 is 12.1 Å². The van der Waals surface area contributed by atoms with Crippen molar-refractivity contribution in [3.05, 3.63) is 89.8 Å². The molecule has 0 spiro atoms. The minimum absolute atomic E-state index is 0.144. The monoisotopic (exact) mass is 489 g/mol. The molecule has 4 aromatic rings. The van der Waals surface area contributed by atoms with E-state index in [1.54, 1.807) is 12.1 Å². The highest BCUT2D eigenvalue weighted by Gasteiger charge is 2.24. The van der Waals surface area contributed by atoms with Crippen LogP contribution in [0.25, 0.3) is 11.4 Å². The molecule has 36 heavy (non-hydrogen) atoms. The maximum atomic E-state index is 12.6. The Kier molecular flexibility index (Phi) is 8.02. The fourth-order valence-electron chi connectivity index (χ4n) is 3.66. The summed E-state index contributed by atoms with van der Waals surface area (Å²) >= 11 is 0. The van der Waals surface area contributed by atoms with Gasteiger partial charge in [0.2, 0.25) is 17.5 Å². The summed E-state index contributed by atoms with van der Waals surface area (Å²) in [5, 5.41) is 6.98. The first kappa shape index (κ1) is 24.6. The minimum atomic E-state index is -0.612. The topological polar surface area (TPSA) is 105 Å². The van der Waals surface area contributed by atoms with Gasteiger partial charge in [-0.3, -0.25) is 0 Å². The van der Waals surface area contributed by atoms with Crippen molar-refractivity contribution < 1.29 is 28.3 Å². The van der Waals surface area contributed by atoms with E-state index in [1.807, 2.05) is 60.7 Å². The SMILES string of the molecule is COc1cc(-c2noc(C(Cc3ccccc3)NC(=O)OCc3ccccc3)n2)cc(OC)c1OC. The number of ether oxygens (including phenoxy) is 4. The zero-order chi connectivity index (χ0) is 25.3. The van der Waals surface area contributed by atoms with Gasteiger partial charge in [-0.05, 0) is 23.3 Å². The Morgan fingerprint density at radius 1 is 0.889 bits per heavy atom. The number of hydrogen-bond donors (Lipinski definition) is 1. The Morgan fingerprint density at radius 3 is 2.08 bits per heavy atom. The van der Waals surface area contributed by atoms with Crippen molar-refractivity contribution in [2.24, 2.45) is 0 Å². The van der Waals surface area contributed by atoms with Gasteiger partial charge in [0, 0.05) is 12.0 Å². The first-order valence-electron chi connectivity index (χ1n) is 11.3. The summed E-state index contributed by atoms with van der Waals surface area (Å²) < 4.78 is 27.2. The van der Waals surface area contributed by atoms with Crippen LogP contribution >= 0.6 is 0 Å². The molecule has 9 nitrogen and oxygen atoms in total. The predicted octanol–water partition coefficient (Wildman–Crippen LogP) is 4.97. The fraction of sp³-hybridized carbons (Fsp3) is 0.222. The number of nitrogens with zero attached hydrogens (tertiary/aromatic N) is 2. The zero-order valence-corrected chi connectivity index (χ0v) is 20.3. The molecule has 1 N–H and O–H groups in total. The third-order valence-corrected chi connectivity index (χ3v) is 5.45. The summed E-state index contributed by atoms with van der Waals surface area (Å²) in [4.78, 5) is 17.2. The molecule has 0 aliphatic carbocycles. The Balaban J connectivity index is 1.57. The fourth-order valence-corrected chi connectivity index (χ4v) is 3.66. The molecule has 0 radical (unpaired) electrons. The summed E-state index contributed by atoms with van der Waals surface area (Å²) in [5.41, 5.74) is 2.47. The molecular formula is C27H27N3O6. The molecule has 9 heteroatoms. The first-order chi connectivity index (χ1) is 17.6. The molecule has 0 saturated carbocycles. The van der Waals surface area contributed by atoms with Gasteiger partial charge in [0.1, 0.15) is 12.6 Å². The quantitative estimate of drug-likeness (QED) is 0.333. The van der Waals surface area contributed by atoms with Crippen molar-refractivity contribution in [1.82, 2.24) is 15.5 Å². The maximum Gasteiger partial charge on any atom is 0.408 e. The molecule has 0 bridgehead atoms. The Hall–Kier alpha value is -4.53. The number of benzene rings is 3. The second-order valence-electron chi connectivity index (χ2n) is 7.82. The van der Waals surface area contributed by atoms with Crippen molar-refractivity contribution in [3.63, 3.8) is 0 Å². The molecule has 1 aromatic heterocycles. The highest BCUT2D eigenvalue weighted by Crippen LogP contribution is 2.40. The van der Waals surface area contributed by atoms with Gasteiger partial charge in [-0.2, -0.15) is 4.98 Å². The van der Waals surface area contributed by atoms with Crippen molar-refractivity contribution in [3.8, 4) is 28.6 Å². The summed E-state index contributed by atoms with van der Waals surface area (Å²) in [7, 11) is 4.59. The Morgan fingerprint density at radius 2 is 1.50 bits per heavy atom. The van der Waals surface area contributed by atoms with Gasteiger partial charge >= 0.3 is 6.09 Å². The highest BCUT2D eigenvalue weighted by atomic mass is 16.5. The second kappa shape index (κ2) is 11.7. The first-order valence-corrected chi connectivity index (χ1v) is 11.3. The standard InChI is InChI=1S/C27H27N3O6/c1-32-22-15-20(16-23(33-2)24(22)34-3)25-29-26(36-30-25)21(14-18-10-6-4-7-11-18)28-27(31)35-17-19-12-8-5-9-13-19/h4-13,15-16,21H,14,17H2,1-3H3,(H,28,31). The molecule has 3 aromatic carbocycles. The van der Waals surface area contributed by atoms with Crippen LogP contribution in [-0.2, 0) is 17.8 Å². The van der Waals surface area contributed by atoms with E-state index in [9.17, 15) is 4.79 Å². The number of aromatic nitrogens is 2. The average Bonchev–Trinajstić information content (AvgIpc) is 3.42. The van der Waals surface area contributed by atoms with E-state index in [4.69, 9.17) is 23.5 Å². The molecule has 186 valence electrons. The number of hydrogen-bond acceptors (Lipinski definition) is 8. The summed E-state index contributed by atoms with van der Waals surface area (Å²) in [6.07, 6.45) is -0.162. The highest BCUT2D eigenvalue weighted by molar-refractivity contribution is 5.68. The van der Waals surface area contributed by atoms with Gasteiger partial charge in [0.15, 0.2) is 11.5 Å². The van der Waals surface area contributed by atoms with Gasteiger partial charge in [-0.15, -0.1) is 0 Å².